The quantitative estimate of drug-likeness (QED) is 0.523. The van der Waals surface area contributed by atoms with Gasteiger partial charge in [0.2, 0.25) is 0 Å². The van der Waals surface area contributed by atoms with Crippen LogP contribution in [0.15, 0.2) is 0 Å². The van der Waals surface area contributed by atoms with Crippen LogP contribution in [0.1, 0.15) is 71.6 Å². The maximum atomic E-state index is 11.4. The first-order chi connectivity index (χ1) is 7.99. The van der Waals surface area contributed by atoms with Gasteiger partial charge in [0.1, 0.15) is 9.84 Å². The molecule has 3 heteroatoms. The Morgan fingerprint density at radius 1 is 0.824 bits per heavy atom. The summed E-state index contributed by atoms with van der Waals surface area (Å²) in [5, 5.41) is 0. The fraction of sp³-hybridized carbons (Fsp3) is 1.00. The maximum absolute atomic E-state index is 11.4. The van der Waals surface area contributed by atoms with Gasteiger partial charge in [0.25, 0.3) is 0 Å². The van der Waals surface area contributed by atoms with Crippen molar-refractivity contribution in [3.63, 3.8) is 0 Å². The van der Waals surface area contributed by atoms with Crippen molar-refractivity contribution in [1.82, 2.24) is 0 Å². The second-order valence-electron chi connectivity index (χ2n) is 5.30. The summed E-state index contributed by atoms with van der Waals surface area (Å²) in [7, 11) is -2.80. The van der Waals surface area contributed by atoms with Crippen molar-refractivity contribution in [2.45, 2.75) is 71.6 Å². The monoisotopic (exact) mass is 262 g/mol. The van der Waals surface area contributed by atoms with Crippen LogP contribution >= 0.6 is 0 Å². The molecular weight excluding hydrogens is 232 g/mol. The fourth-order valence-corrected chi connectivity index (χ4v) is 3.47. The molecule has 0 aliphatic carbocycles. The van der Waals surface area contributed by atoms with E-state index in [1.165, 1.54) is 51.2 Å². The predicted octanol–water partition coefficient (Wildman–Crippen LogP) is 4.20. The largest absolute Gasteiger partial charge is 0.229 e. The molecule has 0 fully saturated rings. The van der Waals surface area contributed by atoms with Gasteiger partial charge in [-0.2, -0.15) is 0 Å². The van der Waals surface area contributed by atoms with E-state index in [4.69, 9.17) is 0 Å². The van der Waals surface area contributed by atoms with E-state index >= 15 is 0 Å². The molecule has 0 aliphatic rings. The van der Waals surface area contributed by atoms with Gasteiger partial charge in [-0.05, 0) is 18.8 Å². The van der Waals surface area contributed by atoms with Gasteiger partial charge >= 0.3 is 0 Å². The van der Waals surface area contributed by atoms with E-state index in [1.54, 1.807) is 0 Å². The zero-order chi connectivity index (χ0) is 13.1. The van der Waals surface area contributed by atoms with Gasteiger partial charge in [0.05, 0.1) is 5.75 Å². The van der Waals surface area contributed by atoms with Crippen LogP contribution in [-0.2, 0) is 9.84 Å². The first kappa shape index (κ1) is 16.9. The molecule has 17 heavy (non-hydrogen) atoms. The van der Waals surface area contributed by atoms with Crippen LogP contribution in [-0.4, -0.2) is 20.4 Å². The molecule has 0 bridgehead atoms. The van der Waals surface area contributed by atoms with E-state index in [9.17, 15) is 8.42 Å². The number of hydrogen-bond acceptors (Lipinski definition) is 2. The Balaban J connectivity index is 3.93. The zero-order valence-corrected chi connectivity index (χ0v) is 12.7. The Hall–Kier alpha value is -0.0500. The normalized spacial score (nSPS) is 13.8. The highest BCUT2D eigenvalue weighted by molar-refractivity contribution is 7.90. The summed E-state index contributed by atoms with van der Waals surface area (Å²) in [6.45, 7) is 4.39. The lowest BCUT2D eigenvalue weighted by Gasteiger charge is -2.15. The zero-order valence-electron chi connectivity index (χ0n) is 11.9. The molecule has 0 saturated carbocycles. The van der Waals surface area contributed by atoms with E-state index in [2.05, 4.69) is 13.8 Å². The minimum absolute atomic E-state index is 0.392. The second-order valence-corrected chi connectivity index (χ2v) is 7.49. The summed E-state index contributed by atoms with van der Waals surface area (Å²) in [6, 6.07) is 0. The van der Waals surface area contributed by atoms with Gasteiger partial charge in [0, 0.05) is 6.26 Å². The van der Waals surface area contributed by atoms with E-state index in [0.29, 0.717) is 11.7 Å². The third-order valence-corrected chi connectivity index (χ3v) is 4.30. The standard InChI is InChI=1S/C14H30O2S/c1-4-6-8-10-12-14(11-9-7-5-2)13-17(3,15)16/h14H,4-13H2,1-3H3. The second kappa shape index (κ2) is 9.93. The Morgan fingerprint density at radius 2 is 1.29 bits per heavy atom. The molecule has 0 heterocycles. The molecule has 0 aromatic rings. The van der Waals surface area contributed by atoms with Crippen LogP contribution in [0, 0.1) is 5.92 Å². The number of sulfone groups is 1. The van der Waals surface area contributed by atoms with Crippen molar-refractivity contribution in [2.75, 3.05) is 12.0 Å². The molecule has 0 spiro atoms. The summed E-state index contributed by atoms with van der Waals surface area (Å²) in [5.41, 5.74) is 0. The molecule has 0 aromatic heterocycles. The first-order valence-electron chi connectivity index (χ1n) is 7.17. The Morgan fingerprint density at radius 3 is 1.76 bits per heavy atom. The van der Waals surface area contributed by atoms with Gasteiger partial charge in [-0.15, -0.1) is 0 Å². The topological polar surface area (TPSA) is 34.1 Å². The summed E-state index contributed by atoms with van der Waals surface area (Å²) < 4.78 is 22.7. The molecule has 0 rings (SSSR count). The maximum Gasteiger partial charge on any atom is 0.147 e. The molecule has 0 aliphatic heterocycles. The van der Waals surface area contributed by atoms with Crippen LogP contribution < -0.4 is 0 Å². The lowest BCUT2D eigenvalue weighted by atomic mass is 9.96. The van der Waals surface area contributed by atoms with Crippen LogP contribution in [0.2, 0.25) is 0 Å². The molecule has 0 saturated heterocycles. The number of hydrogen-bond donors (Lipinski definition) is 0. The average Bonchev–Trinajstić information content (AvgIpc) is 2.22. The molecule has 1 unspecified atom stereocenters. The Bertz CT molecular complexity index is 257. The smallest absolute Gasteiger partial charge is 0.147 e. The summed E-state index contributed by atoms with van der Waals surface area (Å²) in [5.74, 6) is 0.788. The molecule has 104 valence electrons. The molecule has 0 radical (unpaired) electrons. The van der Waals surface area contributed by atoms with Crippen LogP contribution in [0.4, 0.5) is 0 Å². The van der Waals surface area contributed by atoms with Crippen molar-refractivity contribution in [3.8, 4) is 0 Å². The van der Waals surface area contributed by atoms with Gasteiger partial charge in [-0.3, -0.25) is 0 Å². The predicted molar refractivity (Wildman–Crippen MR) is 76.1 cm³/mol. The summed E-state index contributed by atoms with van der Waals surface area (Å²) in [6.07, 6.45) is 12.1. The Kier molecular flexibility index (Phi) is 9.90. The average molecular weight is 262 g/mol. The lowest BCUT2D eigenvalue weighted by molar-refractivity contribution is 0.437. The third-order valence-electron chi connectivity index (χ3n) is 3.22. The van der Waals surface area contributed by atoms with Crippen molar-refractivity contribution in [2.24, 2.45) is 5.92 Å². The van der Waals surface area contributed by atoms with Crippen LogP contribution in [0.5, 0.6) is 0 Å². The van der Waals surface area contributed by atoms with Crippen molar-refractivity contribution >= 4 is 9.84 Å². The minimum Gasteiger partial charge on any atom is -0.229 e. The van der Waals surface area contributed by atoms with Gasteiger partial charge in [-0.1, -0.05) is 58.8 Å². The molecular formula is C14H30O2S. The Labute approximate surface area is 108 Å². The first-order valence-corrected chi connectivity index (χ1v) is 9.23. The molecule has 2 nitrogen and oxygen atoms in total. The minimum atomic E-state index is -2.80. The van der Waals surface area contributed by atoms with E-state index in [1.807, 2.05) is 0 Å². The van der Waals surface area contributed by atoms with Crippen molar-refractivity contribution < 1.29 is 8.42 Å². The van der Waals surface area contributed by atoms with Crippen molar-refractivity contribution in [1.29, 1.82) is 0 Å². The van der Waals surface area contributed by atoms with Crippen molar-refractivity contribution in [3.05, 3.63) is 0 Å². The number of rotatable bonds is 11. The number of unbranched alkanes of at least 4 members (excludes halogenated alkanes) is 5. The summed E-state index contributed by atoms with van der Waals surface area (Å²) >= 11 is 0. The van der Waals surface area contributed by atoms with Gasteiger partial charge in [0.15, 0.2) is 0 Å². The molecule has 1 atom stereocenters. The highest BCUT2D eigenvalue weighted by Gasteiger charge is 2.14. The van der Waals surface area contributed by atoms with Crippen LogP contribution in [0.25, 0.3) is 0 Å². The SMILES string of the molecule is CCCCCCC(CCCCC)CS(C)(=O)=O. The molecule has 0 aromatic carbocycles. The lowest BCUT2D eigenvalue weighted by Crippen LogP contribution is -2.15. The summed E-state index contributed by atoms with van der Waals surface area (Å²) in [4.78, 5) is 0. The highest BCUT2D eigenvalue weighted by atomic mass is 32.2. The van der Waals surface area contributed by atoms with Gasteiger partial charge in [-0.25, -0.2) is 8.42 Å². The third kappa shape index (κ3) is 12.2. The van der Waals surface area contributed by atoms with E-state index in [-0.39, 0.29) is 0 Å². The van der Waals surface area contributed by atoms with Gasteiger partial charge < -0.3 is 0 Å². The fourth-order valence-electron chi connectivity index (χ4n) is 2.28. The molecule has 0 N–H and O–H groups in total. The van der Waals surface area contributed by atoms with E-state index < -0.39 is 9.84 Å². The molecule has 0 amide bonds. The highest BCUT2D eigenvalue weighted by Crippen LogP contribution is 2.19. The van der Waals surface area contributed by atoms with E-state index in [0.717, 1.165) is 12.8 Å². The van der Waals surface area contributed by atoms with Crippen LogP contribution in [0.3, 0.4) is 0 Å².